The van der Waals surface area contributed by atoms with Gasteiger partial charge in [0, 0.05) is 11.5 Å². The molecular formula is C12H7BrF2N2O2S. The average Bonchev–Trinajstić information content (AvgIpc) is 2.75. The van der Waals surface area contributed by atoms with Crippen LogP contribution in [0.5, 0.6) is 0 Å². The molecule has 1 heterocycles. The SMILES string of the molecule is CCOC(=O)Nc1sc2c(F)cc(F)c(Br)c2c1C#N. The number of nitriles is 1. The summed E-state index contributed by atoms with van der Waals surface area (Å²) in [5, 5.41) is 11.7. The average molecular weight is 361 g/mol. The van der Waals surface area contributed by atoms with Crippen molar-refractivity contribution < 1.29 is 18.3 Å². The first-order valence-electron chi connectivity index (χ1n) is 5.43. The molecule has 0 fully saturated rings. The molecular weight excluding hydrogens is 354 g/mol. The summed E-state index contributed by atoms with van der Waals surface area (Å²) in [6.07, 6.45) is -0.757. The van der Waals surface area contributed by atoms with Crippen molar-refractivity contribution in [1.82, 2.24) is 0 Å². The number of nitrogens with zero attached hydrogens (tertiary/aromatic N) is 1. The Morgan fingerprint density at radius 2 is 2.25 bits per heavy atom. The Bertz CT molecular complexity index is 739. The highest BCUT2D eigenvalue weighted by atomic mass is 79.9. The van der Waals surface area contributed by atoms with Crippen LogP contribution >= 0.6 is 27.3 Å². The van der Waals surface area contributed by atoms with E-state index in [2.05, 4.69) is 21.2 Å². The third-order valence-electron chi connectivity index (χ3n) is 2.41. The predicted octanol–water partition coefficient (Wildman–Crippen LogP) is 4.38. The van der Waals surface area contributed by atoms with Crippen LogP contribution in [0.3, 0.4) is 0 Å². The molecule has 0 atom stereocenters. The van der Waals surface area contributed by atoms with Crippen LogP contribution in [0.25, 0.3) is 10.1 Å². The fourth-order valence-corrected chi connectivity index (χ4v) is 3.32. The summed E-state index contributed by atoms with van der Waals surface area (Å²) in [6, 6.07) is 2.56. The summed E-state index contributed by atoms with van der Waals surface area (Å²) >= 11 is 3.83. The highest BCUT2D eigenvalue weighted by molar-refractivity contribution is 9.10. The molecule has 1 N–H and O–H groups in total. The smallest absolute Gasteiger partial charge is 0.412 e. The van der Waals surface area contributed by atoms with Crippen LogP contribution in [-0.4, -0.2) is 12.7 Å². The van der Waals surface area contributed by atoms with Crippen molar-refractivity contribution in [3.05, 3.63) is 27.7 Å². The molecule has 1 amide bonds. The summed E-state index contributed by atoms with van der Waals surface area (Å²) in [4.78, 5) is 11.4. The number of hydrogen-bond donors (Lipinski definition) is 1. The quantitative estimate of drug-likeness (QED) is 0.808. The standard InChI is InChI=1S/C12H7BrF2N2O2S/c1-2-19-12(18)17-11-5(4-16)8-9(13)6(14)3-7(15)10(8)20-11/h3H,2H2,1H3,(H,17,18). The molecule has 2 rings (SSSR count). The van der Waals surface area contributed by atoms with E-state index in [0.29, 0.717) is 0 Å². The molecule has 0 saturated heterocycles. The lowest BCUT2D eigenvalue weighted by molar-refractivity contribution is 0.168. The van der Waals surface area contributed by atoms with Gasteiger partial charge in [0.25, 0.3) is 0 Å². The van der Waals surface area contributed by atoms with Crippen LogP contribution in [0.15, 0.2) is 10.5 Å². The van der Waals surface area contributed by atoms with E-state index in [1.165, 1.54) is 0 Å². The van der Waals surface area contributed by atoms with Crippen LogP contribution in [-0.2, 0) is 4.74 Å². The maximum absolute atomic E-state index is 13.7. The fraction of sp³-hybridized carbons (Fsp3) is 0.167. The maximum atomic E-state index is 13.7. The van der Waals surface area contributed by atoms with E-state index in [4.69, 9.17) is 10.00 Å². The van der Waals surface area contributed by atoms with Crippen LogP contribution in [0.4, 0.5) is 18.6 Å². The lowest BCUT2D eigenvalue weighted by atomic mass is 10.1. The second-order valence-electron chi connectivity index (χ2n) is 3.62. The summed E-state index contributed by atoms with van der Waals surface area (Å²) in [7, 11) is 0. The normalized spacial score (nSPS) is 10.3. The Morgan fingerprint density at radius 3 is 2.85 bits per heavy atom. The van der Waals surface area contributed by atoms with E-state index in [9.17, 15) is 13.6 Å². The van der Waals surface area contributed by atoms with E-state index in [1.54, 1.807) is 6.92 Å². The van der Waals surface area contributed by atoms with Crippen molar-refractivity contribution in [2.75, 3.05) is 11.9 Å². The van der Waals surface area contributed by atoms with E-state index in [1.807, 2.05) is 6.07 Å². The lowest BCUT2D eigenvalue weighted by Gasteiger charge is -2.02. The summed E-state index contributed by atoms with van der Waals surface area (Å²) in [5.74, 6) is -1.61. The number of fused-ring (bicyclic) bond motifs is 1. The molecule has 0 aliphatic rings. The lowest BCUT2D eigenvalue weighted by Crippen LogP contribution is -2.12. The first-order valence-corrected chi connectivity index (χ1v) is 7.04. The monoisotopic (exact) mass is 360 g/mol. The number of benzene rings is 1. The van der Waals surface area contributed by atoms with E-state index >= 15 is 0 Å². The maximum Gasteiger partial charge on any atom is 0.412 e. The molecule has 0 spiro atoms. The van der Waals surface area contributed by atoms with Crippen molar-refractivity contribution in [3.8, 4) is 6.07 Å². The fourth-order valence-electron chi connectivity index (χ4n) is 1.62. The largest absolute Gasteiger partial charge is 0.450 e. The molecule has 1 aromatic carbocycles. The topological polar surface area (TPSA) is 62.1 Å². The Hall–Kier alpha value is -1.72. The van der Waals surface area contributed by atoms with E-state index < -0.39 is 17.7 Å². The van der Waals surface area contributed by atoms with Crippen molar-refractivity contribution >= 4 is 48.4 Å². The summed E-state index contributed by atoms with van der Waals surface area (Å²) in [5.41, 5.74) is -0.0108. The van der Waals surface area contributed by atoms with Crippen LogP contribution in [0, 0.1) is 23.0 Å². The minimum atomic E-state index is -0.813. The van der Waals surface area contributed by atoms with Crippen molar-refractivity contribution in [1.29, 1.82) is 5.26 Å². The predicted molar refractivity (Wildman–Crippen MR) is 74.8 cm³/mol. The van der Waals surface area contributed by atoms with E-state index in [0.717, 1.165) is 17.4 Å². The molecule has 104 valence electrons. The zero-order valence-corrected chi connectivity index (χ0v) is 12.5. The van der Waals surface area contributed by atoms with E-state index in [-0.39, 0.29) is 31.7 Å². The summed E-state index contributed by atoms with van der Waals surface area (Å²) in [6.45, 7) is 1.78. The number of carbonyl (C=O) groups is 1. The number of halogens is 3. The number of ether oxygens (including phenoxy) is 1. The number of anilines is 1. The van der Waals surface area contributed by atoms with Gasteiger partial charge in [-0.2, -0.15) is 5.26 Å². The first-order chi connectivity index (χ1) is 9.49. The van der Waals surface area contributed by atoms with Gasteiger partial charge in [-0.25, -0.2) is 13.6 Å². The molecule has 20 heavy (non-hydrogen) atoms. The van der Waals surface area contributed by atoms with Gasteiger partial charge in [0.05, 0.1) is 21.3 Å². The molecule has 0 bridgehead atoms. The molecule has 4 nitrogen and oxygen atoms in total. The van der Waals surface area contributed by atoms with Gasteiger partial charge in [-0.1, -0.05) is 0 Å². The molecule has 0 unspecified atom stereocenters. The number of nitrogens with one attached hydrogen (secondary N) is 1. The van der Waals surface area contributed by atoms with Gasteiger partial charge in [-0.05, 0) is 22.9 Å². The second-order valence-corrected chi connectivity index (χ2v) is 5.44. The van der Waals surface area contributed by atoms with Crippen LogP contribution in [0.2, 0.25) is 0 Å². The molecule has 2 aromatic rings. The minimum absolute atomic E-state index is 0.0108. The highest BCUT2D eigenvalue weighted by Gasteiger charge is 2.21. The van der Waals surface area contributed by atoms with Gasteiger partial charge < -0.3 is 4.74 Å². The molecule has 0 aliphatic carbocycles. The van der Waals surface area contributed by atoms with Crippen LogP contribution in [0.1, 0.15) is 12.5 Å². The Labute approximate surface area is 125 Å². The van der Waals surface area contributed by atoms with Gasteiger partial charge in [-0.15, -0.1) is 11.3 Å². The van der Waals surface area contributed by atoms with Crippen molar-refractivity contribution in [2.24, 2.45) is 0 Å². The number of thiophene rings is 1. The van der Waals surface area contributed by atoms with Gasteiger partial charge >= 0.3 is 6.09 Å². The molecule has 8 heteroatoms. The number of amides is 1. The second kappa shape index (κ2) is 5.73. The van der Waals surface area contributed by atoms with Gasteiger partial charge in [0.1, 0.15) is 22.7 Å². The van der Waals surface area contributed by atoms with Crippen molar-refractivity contribution in [3.63, 3.8) is 0 Å². The number of carbonyl (C=O) groups excluding carboxylic acids is 1. The third-order valence-corrected chi connectivity index (χ3v) is 4.30. The Balaban J connectivity index is 2.64. The zero-order chi connectivity index (χ0) is 14.9. The highest BCUT2D eigenvalue weighted by Crippen LogP contribution is 2.41. The Morgan fingerprint density at radius 1 is 1.55 bits per heavy atom. The molecule has 0 radical (unpaired) electrons. The van der Waals surface area contributed by atoms with Crippen molar-refractivity contribution in [2.45, 2.75) is 6.92 Å². The molecule has 1 aromatic heterocycles. The third kappa shape index (κ3) is 2.46. The van der Waals surface area contributed by atoms with Crippen LogP contribution < -0.4 is 5.32 Å². The first kappa shape index (κ1) is 14.7. The molecule has 0 saturated carbocycles. The summed E-state index contributed by atoms with van der Waals surface area (Å²) < 4.78 is 32.0. The zero-order valence-electron chi connectivity index (χ0n) is 10.1. The van der Waals surface area contributed by atoms with Gasteiger partial charge in [-0.3, -0.25) is 5.32 Å². The molecule has 0 aliphatic heterocycles. The minimum Gasteiger partial charge on any atom is -0.450 e. The van der Waals surface area contributed by atoms with Gasteiger partial charge in [0.2, 0.25) is 0 Å². The van der Waals surface area contributed by atoms with Gasteiger partial charge in [0.15, 0.2) is 0 Å². The number of hydrogen-bond acceptors (Lipinski definition) is 4. The number of rotatable bonds is 2. The Kier molecular flexibility index (Phi) is 4.20.